The van der Waals surface area contributed by atoms with Crippen molar-refractivity contribution in [1.82, 2.24) is 0 Å². The van der Waals surface area contributed by atoms with Crippen molar-refractivity contribution in [3.8, 4) is 0 Å². The predicted molar refractivity (Wildman–Crippen MR) is 83.2 cm³/mol. The van der Waals surface area contributed by atoms with Crippen molar-refractivity contribution in [1.29, 1.82) is 0 Å². The van der Waals surface area contributed by atoms with Crippen LogP contribution in [0.3, 0.4) is 0 Å². The van der Waals surface area contributed by atoms with Gasteiger partial charge in [0.2, 0.25) is 0 Å². The van der Waals surface area contributed by atoms with Crippen LogP contribution in [0.25, 0.3) is 0 Å². The average molecular weight is 312 g/mol. The lowest BCUT2D eigenvalue weighted by Crippen LogP contribution is -2.45. The Morgan fingerprint density at radius 2 is 1.76 bits per heavy atom. The first-order chi connectivity index (χ1) is 9.96. The van der Waals surface area contributed by atoms with Gasteiger partial charge in [0.15, 0.2) is 5.41 Å². The second-order valence-electron chi connectivity index (χ2n) is 5.43. The molecule has 5 heteroatoms. The summed E-state index contributed by atoms with van der Waals surface area (Å²) in [6.45, 7) is 7.96. The van der Waals surface area contributed by atoms with E-state index in [9.17, 15) is 9.59 Å². The van der Waals surface area contributed by atoms with Crippen molar-refractivity contribution in [3.63, 3.8) is 0 Å². The molecule has 0 radical (unpaired) electrons. The maximum Gasteiger partial charge on any atom is 0.323 e. The zero-order chi connectivity index (χ0) is 15.9. The second kappa shape index (κ2) is 8.17. The van der Waals surface area contributed by atoms with Gasteiger partial charge in [-0.1, -0.05) is 13.8 Å². The molecule has 0 aliphatic carbocycles. The van der Waals surface area contributed by atoms with E-state index in [2.05, 4.69) is 0 Å². The van der Waals surface area contributed by atoms with E-state index in [4.69, 9.17) is 9.47 Å². The Morgan fingerprint density at radius 1 is 1.19 bits per heavy atom. The van der Waals surface area contributed by atoms with Crippen molar-refractivity contribution in [2.45, 2.75) is 40.5 Å². The number of thiophene rings is 1. The van der Waals surface area contributed by atoms with Crippen molar-refractivity contribution in [2.24, 2.45) is 11.3 Å². The van der Waals surface area contributed by atoms with Gasteiger partial charge < -0.3 is 9.47 Å². The Bertz CT molecular complexity index is 433. The molecule has 0 spiro atoms. The van der Waals surface area contributed by atoms with Gasteiger partial charge >= 0.3 is 11.9 Å². The third-order valence-electron chi connectivity index (χ3n) is 3.18. The van der Waals surface area contributed by atoms with Crippen molar-refractivity contribution < 1.29 is 19.1 Å². The molecule has 0 unspecified atom stereocenters. The van der Waals surface area contributed by atoms with E-state index in [1.54, 1.807) is 25.2 Å². The molecule has 0 aromatic carbocycles. The highest BCUT2D eigenvalue weighted by Crippen LogP contribution is 2.35. The standard InChI is InChI=1S/C16H24O4S/c1-5-19-14(17)16(9-12(3)4,15(18)20-6-2)10-13-7-8-21-11-13/h7-8,11-12H,5-6,9-10H2,1-4H3. The van der Waals surface area contributed by atoms with Crippen LogP contribution in [-0.2, 0) is 25.5 Å². The van der Waals surface area contributed by atoms with E-state index in [1.807, 2.05) is 30.7 Å². The molecule has 0 saturated carbocycles. The fourth-order valence-corrected chi connectivity index (χ4v) is 3.11. The molecule has 0 saturated heterocycles. The van der Waals surface area contributed by atoms with E-state index >= 15 is 0 Å². The first kappa shape index (κ1) is 17.7. The SMILES string of the molecule is CCOC(=O)C(Cc1ccsc1)(CC(C)C)C(=O)OCC. The number of carbonyl (C=O) groups excluding carboxylic acids is 2. The third kappa shape index (κ3) is 4.56. The van der Waals surface area contributed by atoms with Crippen LogP contribution in [0, 0.1) is 11.3 Å². The number of hydrogen-bond donors (Lipinski definition) is 0. The molecular formula is C16H24O4S. The maximum atomic E-state index is 12.5. The molecular weight excluding hydrogens is 288 g/mol. The fraction of sp³-hybridized carbons (Fsp3) is 0.625. The number of hydrogen-bond acceptors (Lipinski definition) is 5. The molecule has 4 nitrogen and oxygen atoms in total. The van der Waals surface area contributed by atoms with Crippen LogP contribution in [0.1, 0.15) is 39.7 Å². The lowest BCUT2D eigenvalue weighted by Gasteiger charge is -2.30. The summed E-state index contributed by atoms with van der Waals surface area (Å²) in [5, 5.41) is 3.89. The highest BCUT2D eigenvalue weighted by Gasteiger charge is 2.49. The van der Waals surface area contributed by atoms with Crippen LogP contribution >= 0.6 is 11.3 Å². The summed E-state index contributed by atoms with van der Waals surface area (Å²) in [5.74, 6) is -0.788. The Balaban J connectivity index is 3.18. The van der Waals surface area contributed by atoms with E-state index in [1.165, 1.54) is 0 Å². The van der Waals surface area contributed by atoms with Crippen molar-refractivity contribution in [3.05, 3.63) is 22.4 Å². The van der Waals surface area contributed by atoms with E-state index in [-0.39, 0.29) is 19.1 Å². The smallest absolute Gasteiger partial charge is 0.323 e. The lowest BCUT2D eigenvalue weighted by atomic mass is 9.75. The van der Waals surface area contributed by atoms with Crippen molar-refractivity contribution >= 4 is 23.3 Å². The zero-order valence-corrected chi connectivity index (χ0v) is 14.0. The molecule has 1 heterocycles. The molecule has 21 heavy (non-hydrogen) atoms. The molecule has 118 valence electrons. The van der Waals surface area contributed by atoms with Crippen LogP contribution in [0.15, 0.2) is 16.8 Å². The molecule has 0 N–H and O–H groups in total. The van der Waals surface area contributed by atoms with E-state index < -0.39 is 17.4 Å². The molecule has 1 rings (SSSR count). The summed E-state index contributed by atoms with van der Waals surface area (Å²) < 4.78 is 10.4. The largest absolute Gasteiger partial charge is 0.465 e. The number of esters is 2. The van der Waals surface area contributed by atoms with E-state index in [0.717, 1.165) is 5.56 Å². The normalized spacial score (nSPS) is 11.5. The Kier molecular flexibility index (Phi) is 6.89. The van der Waals surface area contributed by atoms with Crippen LogP contribution < -0.4 is 0 Å². The molecule has 0 atom stereocenters. The average Bonchev–Trinajstić information content (AvgIpc) is 2.90. The van der Waals surface area contributed by atoms with Gasteiger partial charge in [-0.2, -0.15) is 11.3 Å². The minimum Gasteiger partial charge on any atom is -0.465 e. The third-order valence-corrected chi connectivity index (χ3v) is 3.91. The second-order valence-corrected chi connectivity index (χ2v) is 6.21. The summed E-state index contributed by atoms with van der Waals surface area (Å²) in [7, 11) is 0. The van der Waals surface area contributed by atoms with Crippen LogP contribution in [0.4, 0.5) is 0 Å². The first-order valence-corrected chi connectivity index (χ1v) is 8.26. The molecule has 0 amide bonds. The molecule has 0 aliphatic heterocycles. The van der Waals surface area contributed by atoms with Gasteiger partial charge in [0.1, 0.15) is 0 Å². The molecule has 0 bridgehead atoms. The lowest BCUT2D eigenvalue weighted by molar-refractivity contribution is -0.173. The predicted octanol–water partition coefficient (Wildman–Crippen LogP) is 3.45. The monoisotopic (exact) mass is 312 g/mol. The molecule has 1 aromatic rings. The Hall–Kier alpha value is -1.36. The van der Waals surface area contributed by atoms with Gasteiger partial charge in [-0.05, 0) is 48.6 Å². The minimum atomic E-state index is -1.25. The summed E-state index contributed by atoms with van der Waals surface area (Å²) >= 11 is 1.55. The van der Waals surface area contributed by atoms with Crippen molar-refractivity contribution in [2.75, 3.05) is 13.2 Å². The number of carbonyl (C=O) groups is 2. The summed E-state index contributed by atoms with van der Waals surface area (Å²) in [6.07, 6.45) is 0.743. The van der Waals surface area contributed by atoms with Crippen LogP contribution in [0.5, 0.6) is 0 Å². The zero-order valence-electron chi connectivity index (χ0n) is 13.2. The number of rotatable bonds is 8. The fourth-order valence-electron chi connectivity index (χ4n) is 2.44. The topological polar surface area (TPSA) is 52.6 Å². The maximum absolute atomic E-state index is 12.5. The van der Waals surface area contributed by atoms with Crippen LogP contribution in [0.2, 0.25) is 0 Å². The number of ether oxygens (including phenoxy) is 2. The van der Waals surface area contributed by atoms with E-state index in [0.29, 0.717) is 12.8 Å². The van der Waals surface area contributed by atoms with Gasteiger partial charge in [0, 0.05) is 6.42 Å². The Labute approximate surface area is 130 Å². The van der Waals surface area contributed by atoms with Crippen LogP contribution in [-0.4, -0.2) is 25.2 Å². The minimum absolute atomic E-state index is 0.178. The van der Waals surface area contributed by atoms with Gasteiger partial charge in [-0.15, -0.1) is 0 Å². The summed E-state index contributed by atoms with van der Waals surface area (Å²) in [4.78, 5) is 25.0. The quantitative estimate of drug-likeness (QED) is 0.545. The molecule has 0 aliphatic rings. The summed E-state index contributed by atoms with van der Waals surface area (Å²) in [5.41, 5.74) is -0.289. The Morgan fingerprint density at radius 3 is 2.14 bits per heavy atom. The van der Waals surface area contributed by atoms with Gasteiger partial charge in [-0.3, -0.25) is 9.59 Å². The first-order valence-electron chi connectivity index (χ1n) is 7.31. The van der Waals surface area contributed by atoms with Gasteiger partial charge in [0.05, 0.1) is 13.2 Å². The van der Waals surface area contributed by atoms with Gasteiger partial charge in [-0.25, -0.2) is 0 Å². The summed E-state index contributed by atoms with van der Waals surface area (Å²) in [6, 6.07) is 1.93. The molecule has 0 fully saturated rings. The van der Waals surface area contributed by atoms with Gasteiger partial charge in [0.25, 0.3) is 0 Å². The molecule has 1 aromatic heterocycles. The highest BCUT2D eigenvalue weighted by atomic mass is 32.1. The highest BCUT2D eigenvalue weighted by molar-refractivity contribution is 7.07.